The number of ether oxygens (including phenoxy) is 1. The fourth-order valence-electron chi connectivity index (χ4n) is 3.65. The summed E-state index contributed by atoms with van der Waals surface area (Å²) < 4.78 is 43.2. The lowest BCUT2D eigenvalue weighted by molar-refractivity contribution is -0.137. The fourth-order valence-corrected chi connectivity index (χ4v) is 3.65. The fraction of sp³-hybridized carbons (Fsp3) is 0.250. The molecule has 2 amide bonds. The van der Waals surface area contributed by atoms with Gasteiger partial charge in [-0.3, -0.25) is 9.59 Å². The van der Waals surface area contributed by atoms with Crippen LogP contribution in [-0.4, -0.2) is 65.1 Å². The Hall–Kier alpha value is -3.95. The van der Waals surface area contributed by atoms with Crippen LogP contribution in [0, 0.1) is 0 Å². The van der Waals surface area contributed by atoms with Crippen LogP contribution >= 0.6 is 0 Å². The van der Waals surface area contributed by atoms with Crippen LogP contribution in [0.15, 0.2) is 60.7 Å². The van der Waals surface area contributed by atoms with Gasteiger partial charge in [-0.1, -0.05) is 12.1 Å². The van der Waals surface area contributed by atoms with Gasteiger partial charge < -0.3 is 14.5 Å². The number of hydrogen-bond acceptors (Lipinski definition) is 5. The van der Waals surface area contributed by atoms with Crippen LogP contribution < -0.4 is 4.74 Å². The van der Waals surface area contributed by atoms with Crippen molar-refractivity contribution in [1.82, 2.24) is 20.0 Å². The van der Waals surface area contributed by atoms with E-state index in [4.69, 9.17) is 4.74 Å². The molecule has 34 heavy (non-hydrogen) atoms. The Bertz CT molecular complexity index is 1160. The molecule has 0 unspecified atom stereocenters. The number of alkyl halides is 3. The topological polar surface area (TPSA) is 75.6 Å². The number of carbonyl (C=O) groups is 2. The van der Waals surface area contributed by atoms with E-state index in [1.54, 1.807) is 41.3 Å². The Kier molecular flexibility index (Phi) is 6.49. The number of amides is 2. The molecule has 2 heterocycles. The van der Waals surface area contributed by atoms with Gasteiger partial charge in [-0.2, -0.15) is 13.2 Å². The van der Waals surface area contributed by atoms with Crippen molar-refractivity contribution in [1.29, 1.82) is 0 Å². The zero-order chi connectivity index (χ0) is 24.3. The predicted molar refractivity (Wildman–Crippen MR) is 117 cm³/mol. The second-order valence-electron chi connectivity index (χ2n) is 7.70. The lowest BCUT2D eigenvalue weighted by Crippen LogP contribution is -2.50. The number of hydrogen-bond donors (Lipinski definition) is 0. The van der Waals surface area contributed by atoms with Crippen molar-refractivity contribution in [3.05, 3.63) is 77.4 Å². The zero-order valence-corrected chi connectivity index (χ0v) is 18.2. The van der Waals surface area contributed by atoms with Crippen LogP contribution in [0.3, 0.4) is 0 Å². The SMILES string of the molecule is COc1ccc(-c2ccc(C(=O)N3CCN(C(=O)c4ccc(C(F)(F)F)cc4)CC3)cc2)nn1. The first-order valence-corrected chi connectivity index (χ1v) is 10.5. The molecule has 0 aliphatic carbocycles. The van der Waals surface area contributed by atoms with E-state index in [9.17, 15) is 22.8 Å². The van der Waals surface area contributed by atoms with E-state index in [0.29, 0.717) is 43.3 Å². The Labute approximate surface area is 193 Å². The highest BCUT2D eigenvalue weighted by Crippen LogP contribution is 2.29. The largest absolute Gasteiger partial charge is 0.480 e. The van der Waals surface area contributed by atoms with E-state index in [2.05, 4.69) is 10.2 Å². The smallest absolute Gasteiger partial charge is 0.416 e. The second-order valence-corrected chi connectivity index (χ2v) is 7.70. The summed E-state index contributed by atoms with van der Waals surface area (Å²) in [6.45, 7) is 1.25. The molecule has 1 aromatic heterocycles. The maximum atomic E-state index is 12.9. The van der Waals surface area contributed by atoms with Crippen molar-refractivity contribution in [2.75, 3.05) is 33.3 Å². The van der Waals surface area contributed by atoms with Gasteiger partial charge in [0.2, 0.25) is 5.88 Å². The summed E-state index contributed by atoms with van der Waals surface area (Å²) in [5.41, 5.74) is 1.34. The third-order valence-electron chi connectivity index (χ3n) is 5.59. The van der Waals surface area contributed by atoms with E-state index in [1.807, 2.05) is 0 Å². The van der Waals surface area contributed by atoms with Crippen LogP contribution in [0.25, 0.3) is 11.3 Å². The molecule has 1 saturated heterocycles. The van der Waals surface area contributed by atoms with Gasteiger partial charge in [0, 0.05) is 48.9 Å². The van der Waals surface area contributed by atoms with Crippen molar-refractivity contribution in [2.24, 2.45) is 0 Å². The predicted octanol–water partition coefficient (Wildman–Crippen LogP) is 3.77. The van der Waals surface area contributed by atoms with E-state index in [1.165, 1.54) is 24.1 Å². The average Bonchev–Trinajstić information content (AvgIpc) is 2.87. The molecule has 2 aromatic carbocycles. The molecular weight excluding hydrogens is 449 g/mol. The third kappa shape index (κ3) is 5.00. The molecule has 10 heteroatoms. The summed E-state index contributed by atoms with van der Waals surface area (Å²) in [6.07, 6.45) is -4.45. The highest BCUT2D eigenvalue weighted by molar-refractivity contribution is 5.96. The number of piperazine rings is 1. The van der Waals surface area contributed by atoms with Crippen molar-refractivity contribution >= 4 is 11.8 Å². The number of benzene rings is 2. The molecule has 0 N–H and O–H groups in total. The Morgan fingerprint density at radius 2 is 1.26 bits per heavy atom. The van der Waals surface area contributed by atoms with Crippen LogP contribution in [0.1, 0.15) is 26.3 Å². The lowest BCUT2D eigenvalue weighted by atomic mass is 10.1. The summed E-state index contributed by atoms with van der Waals surface area (Å²) in [6, 6.07) is 14.6. The molecule has 176 valence electrons. The van der Waals surface area contributed by atoms with E-state index in [0.717, 1.165) is 17.7 Å². The van der Waals surface area contributed by atoms with Gasteiger partial charge in [-0.05, 0) is 42.5 Å². The van der Waals surface area contributed by atoms with Crippen LogP contribution in [0.5, 0.6) is 5.88 Å². The minimum atomic E-state index is -4.45. The van der Waals surface area contributed by atoms with E-state index < -0.39 is 11.7 Å². The first kappa shape index (κ1) is 23.2. The number of methoxy groups -OCH3 is 1. The van der Waals surface area contributed by atoms with Crippen molar-refractivity contribution in [3.63, 3.8) is 0 Å². The van der Waals surface area contributed by atoms with Gasteiger partial charge >= 0.3 is 6.18 Å². The molecule has 4 rings (SSSR count). The number of halogens is 3. The first-order valence-electron chi connectivity index (χ1n) is 10.5. The van der Waals surface area contributed by atoms with Crippen LogP contribution in [-0.2, 0) is 6.18 Å². The molecule has 3 aromatic rings. The van der Waals surface area contributed by atoms with Gasteiger partial charge in [0.1, 0.15) is 0 Å². The monoisotopic (exact) mass is 470 g/mol. The van der Waals surface area contributed by atoms with Gasteiger partial charge in [-0.15, -0.1) is 10.2 Å². The number of aromatic nitrogens is 2. The molecule has 1 aliphatic heterocycles. The number of carbonyl (C=O) groups excluding carboxylic acids is 2. The van der Waals surface area contributed by atoms with Crippen LogP contribution in [0.4, 0.5) is 13.2 Å². The lowest BCUT2D eigenvalue weighted by Gasteiger charge is -2.35. The first-order chi connectivity index (χ1) is 16.3. The van der Waals surface area contributed by atoms with Crippen molar-refractivity contribution in [3.8, 4) is 17.1 Å². The maximum Gasteiger partial charge on any atom is 0.416 e. The molecule has 0 bridgehead atoms. The van der Waals surface area contributed by atoms with Gasteiger partial charge in [0.15, 0.2) is 0 Å². The van der Waals surface area contributed by atoms with E-state index in [-0.39, 0.29) is 17.4 Å². The molecule has 0 radical (unpaired) electrons. The minimum Gasteiger partial charge on any atom is -0.480 e. The summed E-state index contributed by atoms with van der Waals surface area (Å²) in [5.74, 6) is -0.105. The maximum absolute atomic E-state index is 12.9. The third-order valence-corrected chi connectivity index (χ3v) is 5.59. The normalized spacial score (nSPS) is 14.1. The summed E-state index contributed by atoms with van der Waals surface area (Å²) in [7, 11) is 1.51. The molecule has 1 fully saturated rings. The summed E-state index contributed by atoms with van der Waals surface area (Å²) in [4.78, 5) is 28.7. The summed E-state index contributed by atoms with van der Waals surface area (Å²) >= 11 is 0. The Morgan fingerprint density at radius 1 is 0.765 bits per heavy atom. The standard InChI is InChI=1S/C24H21F3N4O3/c1-34-21-11-10-20(28-29-21)16-2-4-17(5-3-16)22(32)30-12-14-31(15-13-30)23(33)18-6-8-19(9-7-18)24(25,26)27/h2-11H,12-15H2,1H3. The van der Waals surface area contributed by atoms with Crippen molar-refractivity contribution in [2.45, 2.75) is 6.18 Å². The summed E-state index contributed by atoms with van der Waals surface area (Å²) in [5, 5.41) is 8.02. The van der Waals surface area contributed by atoms with Gasteiger partial charge in [-0.25, -0.2) is 0 Å². The highest BCUT2D eigenvalue weighted by Gasteiger charge is 2.31. The van der Waals surface area contributed by atoms with Gasteiger partial charge in [0.05, 0.1) is 18.4 Å². The zero-order valence-electron chi connectivity index (χ0n) is 18.2. The van der Waals surface area contributed by atoms with E-state index >= 15 is 0 Å². The van der Waals surface area contributed by atoms with Gasteiger partial charge in [0.25, 0.3) is 11.8 Å². The molecule has 7 nitrogen and oxygen atoms in total. The minimum absolute atomic E-state index is 0.158. The molecule has 0 spiro atoms. The quantitative estimate of drug-likeness (QED) is 0.580. The molecule has 0 atom stereocenters. The Morgan fingerprint density at radius 3 is 1.68 bits per heavy atom. The highest BCUT2D eigenvalue weighted by atomic mass is 19.4. The van der Waals surface area contributed by atoms with Crippen LogP contribution in [0.2, 0.25) is 0 Å². The molecular formula is C24H21F3N4O3. The molecule has 0 saturated carbocycles. The number of nitrogens with zero attached hydrogens (tertiary/aromatic N) is 4. The number of rotatable bonds is 4. The second kappa shape index (κ2) is 9.50. The average molecular weight is 470 g/mol. The van der Waals surface area contributed by atoms with Crippen molar-refractivity contribution < 1.29 is 27.5 Å². The Balaban J connectivity index is 1.35. The molecule has 1 aliphatic rings.